The molecule has 1 heterocycles. The van der Waals surface area contributed by atoms with Gasteiger partial charge in [-0.3, -0.25) is 4.57 Å². The van der Waals surface area contributed by atoms with Crippen LogP contribution in [0.2, 0.25) is 0 Å². The molecule has 4 atom stereocenters. The zero-order chi connectivity index (χ0) is 10.2. The van der Waals surface area contributed by atoms with Crippen molar-refractivity contribution in [2.24, 2.45) is 5.92 Å². The van der Waals surface area contributed by atoms with E-state index in [4.69, 9.17) is 9.26 Å². The maximum absolute atomic E-state index is 11.7. The van der Waals surface area contributed by atoms with E-state index in [0.29, 0.717) is 18.1 Å². The van der Waals surface area contributed by atoms with Gasteiger partial charge in [-0.15, -0.1) is 0 Å². The smallest absolute Gasteiger partial charge is 0.199 e. The molecule has 2 fully saturated rings. The van der Waals surface area contributed by atoms with Gasteiger partial charge in [0.25, 0.3) is 0 Å². The fraction of sp³-hybridized carbons (Fsp3) is 1.00. The van der Waals surface area contributed by atoms with Crippen molar-refractivity contribution in [2.45, 2.75) is 37.9 Å². The van der Waals surface area contributed by atoms with Crippen molar-refractivity contribution in [3.8, 4) is 0 Å². The first-order valence-electron chi connectivity index (χ1n) is 5.38. The summed E-state index contributed by atoms with van der Waals surface area (Å²) >= 11 is 0. The lowest BCUT2D eigenvalue weighted by atomic mass is 9.88. The highest BCUT2D eigenvalue weighted by Crippen LogP contribution is 2.46. The van der Waals surface area contributed by atoms with E-state index in [2.05, 4.69) is 0 Å². The molecule has 3 nitrogen and oxygen atoms in total. The van der Waals surface area contributed by atoms with Gasteiger partial charge in [0.1, 0.15) is 0 Å². The molecule has 14 heavy (non-hydrogen) atoms. The van der Waals surface area contributed by atoms with Gasteiger partial charge in [0.15, 0.2) is 7.37 Å². The lowest BCUT2D eigenvalue weighted by molar-refractivity contribution is 0.351. The van der Waals surface area contributed by atoms with Crippen LogP contribution in [-0.2, 0) is 13.8 Å². The second-order valence-electron chi connectivity index (χ2n) is 4.60. The van der Waals surface area contributed by atoms with E-state index in [1.54, 1.807) is 13.8 Å². The SMILES string of the molecule is COP(C)(=O)CCC1CCC2OC2C1. The minimum atomic E-state index is -2.29. The summed E-state index contributed by atoms with van der Waals surface area (Å²) in [5.74, 6) is 0.710. The van der Waals surface area contributed by atoms with Crippen molar-refractivity contribution in [2.75, 3.05) is 19.9 Å². The van der Waals surface area contributed by atoms with E-state index in [9.17, 15) is 4.57 Å². The van der Waals surface area contributed by atoms with E-state index < -0.39 is 7.37 Å². The molecule has 2 rings (SSSR count). The highest BCUT2D eigenvalue weighted by Gasteiger charge is 2.43. The largest absolute Gasteiger partial charge is 0.370 e. The molecule has 2 aliphatic rings. The molecule has 4 heteroatoms. The lowest BCUT2D eigenvalue weighted by Crippen LogP contribution is -2.14. The summed E-state index contributed by atoms with van der Waals surface area (Å²) in [6.45, 7) is 1.73. The minimum absolute atomic E-state index is 0.535. The van der Waals surface area contributed by atoms with Crippen LogP contribution in [0.4, 0.5) is 0 Å². The molecular formula is C10H19O3P. The standard InChI is InChI=1S/C10H19O3P/c1-12-14(2,11)6-5-8-3-4-9-10(7-8)13-9/h8-10H,3-7H2,1-2H3. The quantitative estimate of drug-likeness (QED) is 0.537. The van der Waals surface area contributed by atoms with Crippen LogP contribution in [0.25, 0.3) is 0 Å². The Hall–Kier alpha value is 0.150. The van der Waals surface area contributed by atoms with Gasteiger partial charge in [0, 0.05) is 19.9 Å². The highest BCUT2D eigenvalue weighted by atomic mass is 31.2. The molecule has 4 unspecified atom stereocenters. The highest BCUT2D eigenvalue weighted by molar-refractivity contribution is 7.58. The molecule has 82 valence electrons. The molecular weight excluding hydrogens is 199 g/mol. The Labute approximate surface area is 85.6 Å². The van der Waals surface area contributed by atoms with E-state index in [1.807, 2.05) is 0 Å². The van der Waals surface area contributed by atoms with Gasteiger partial charge in [-0.2, -0.15) is 0 Å². The van der Waals surface area contributed by atoms with Crippen LogP contribution < -0.4 is 0 Å². The van der Waals surface area contributed by atoms with Gasteiger partial charge in [-0.25, -0.2) is 0 Å². The molecule has 0 spiro atoms. The third kappa shape index (κ3) is 2.59. The third-order valence-electron chi connectivity index (χ3n) is 3.44. The molecule has 0 aromatic heterocycles. The first kappa shape index (κ1) is 10.7. The Bertz CT molecular complexity index is 254. The molecule has 1 aliphatic heterocycles. The summed E-state index contributed by atoms with van der Waals surface area (Å²) in [5, 5.41) is 0. The monoisotopic (exact) mass is 218 g/mol. The zero-order valence-corrected chi connectivity index (χ0v) is 9.83. The van der Waals surface area contributed by atoms with Crippen LogP contribution in [-0.4, -0.2) is 32.1 Å². The van der Waals surface area contributed by atoms with Gasteiger partial charge < -0.3 is 9.26 Å². The molecule has 1 saturated heterocycles. The molecule has 0 radical (unpaired) electrons. The van der Waals surface area contributed by atoms with Crippen molar-refractivity contribution < 1.29 is 13.8 Å². The summed E-state index contributed by atoms with van der Waals surface area (Å²) in [4.78, 5) is 0. The molecule has 0 N–H and O–H groups in total. The van der Waals surface area contributed by atoms with Crippen LogP contribution >= 0.6 is 7.37 Å². The fourth-order valence-electron chi connectivity index (χ4n) is 2.26. The molecule has 1 aliphatic carbocycles. The third-order valence-corrected chi connectivity index (χ3v) is 5.29. The molecule has 1 saturated carbocycles. The average molecular weight is 218 g/mol. The second-order valence-corrected chi connectivity index (χ2v) is 7.44. The number of fused-ring (bicyclic) bond motifs is 1. The van der Waals surface area contributed by atoms with Crippen LogP contribution in [0, 0.1) is 5.92 Å². The molecule has 0 aromatic carbocycles. The van der Waals surface area contributed by atoms with E-state index in [-0.39, 0.29) is 0 Å². The van der Waals surface area contributed by atoms with Crippen molar-refractivity contribution in [3.05, 3.63) is 0 Å². The summed E-state index contributed by atoms with van der Waals surface area (Å²) in [7, 11) is -0.744. The maximum atomic E-state index is 11.7. The number of hydrogen-bond acceptors (Lipinski definition) is 3. The van der Waals surface area contributed by atoms with Gasteiger partial charge in [-0.05, 0) is 31.6 Å². The minimum Gasteiger partial charge on any atom is -0.370 e. The number of rotatable bonds is 4. The van der Waals surface area contributed by atoms with Crippen molar-refractivity contribution in [3.63, 3.8) is 0 Å². The zero-order valence-electron chi connectivity index (χ0n) is 8.94. The Morgan fingerprint density at radius 1 is 1.43 bits per heavy atom. The van der Waals surface area contributed by atoms with E-state index >= 15 is 0 Å². The summed E-state index contributed by atoms with van der Waals surface area (Å²) in [6, 6.07) is 0. The number of hydrogen-bond donors (Lipinski definition) is 0. The van der Waals surface area contributed by atoms with Crippen molar-refractivity contribution in [1.29, 1.82) is 0 Å². The van der Waals surface area contributed by atoms with Crippen LogP contribution in [0.15, 0.2) is 0 Å². The van der Waals surface area contributed by atoms with Gasteiger partial charge in [0.2, 0.25) is 0 Å². The maximum Gasteiger partial charge on any atom is 0.199 e. The first-order valence-corrected chi connectivity index (χ1v) is 7.64. The molecule has 0 aromatic rings. The molecule has 0 amide bonds. The summed E-state index contributed by atoms with van der Waals surface area (Å²) < 4.78 is 22.1. The normalized spacial score (nSPS) is 40.0. The van der Waals surface area contributed by atoms with Gasteiger partial charge in [0.05, 0.1) is 12.2 Å². The Morgan fingerprint density at radius 3 is 2.86 bits per heavy atom. The van der Waals surface area contributed by atoms with Crippen molar-refractivity contribution >= 4 is 7.37 Å². The summed E-state index contributed by atoms with van der Waals surface area (Å²) in [6.07, 6.45) is 6.49. The predicted octanol–water partition coefficient (Wildman–Crippen LogP) is 2.50. The number of epoxide rings is 1. The van der Waals surface area contributed by atoms with Gasteiger partial charge >= 0.3 is 0 Å². The second kappa shape index (κ2) is 3.96. The predicted molar refractivity (Wildman–Crippen MR) is 56.0 cm³/mol. The van der Waals surface area contributed by atoms with Crippen LogP contribution in [0.5, 0.6) is 0 Å². The molecule has 0 bridgehead atoms. The van der Waals surface area contributed by atoms with Crippen molar-refractivity contribution in [1.82, 2.24) is 0 Å². The van der Waals surface area contributed by atoms with E-state index in [0.717, 1.165) is 12.6 Å². The average Bonchev–Trinajstić information content (AvgIpc) is 2.93. The first-order chi connectivity index (χ1) is 6.61. The summed E-state index contributed by atoms with van der Waals surface area (Å²) in [5.41, 5.74) is 0. The number of ether oxygens (including phenoxy) is 1. The fourth-order valence-corrected chi connectivity index (χ4v) is 3.27. The van der Waals surface area contributed by atoms with Gasteiger partial charge in [-0.1, -0.05) is 0 Å². The topological polar surface area (TPSA) is 38.8 Å². The Balaban J connectivity index is 1.72. The Morgan fingerprint density at radius 2 is 2.21 bits per heavy atom. The van der Waals surface area contributed by atoms with Crippen LogP contribution in [0.3, 0.4) is 0 Å². The lowest BCUT2D eigenvalue weighted by Gasteiger charge is -2.20. The van der Waals surface area contributed by atoms with Crippen LogP contribution in [0.1, 0.15) is 25.7 Å². The Kier molecular flexibility index (Phi) is 3.01. The van der Waals surface area contributed by atoms with E-state index in [1.165, 1.54) is 19.3 Å².